The van der Waals surface area contributed by atoms with Gasteiger partial charge in [0.1, 0.15) is 6.10 Å². The Balaban J connectivity index is 2.64. The van der Waals surface area contributed by atoms with E-state index in [1.807, 2.05) is 6.92 Å². The maximum absolute atomic E-state index is 5.68. The van der Waals surface area contributed by atoms with Crippen molar-refractivity contribution in [3.05, 3.63) is 11.7 Å². The van der Waals surface area contributed by atoms with Crippen LogP contribution in [0.2, 0.25) is 0 Å². The fourth-order valence-corrected chi connectivity index (χ4v) is 1.87. The maximum atomic E-state index is 5.68. The first-order valence-electron chi connectivity index (χ1n) is 6.89. The molecule has 0 spiro atoms. The van der Waals surface area contributed by atoms with Crippen LogP contribution < -0.4 is 5.73 Å². The molecule has 0 saturated carbocycles. The molecule has 18 heavy (non-hydrogen) atoms. The van der Waals surface area contributed by atoms with Gasteiger partial charge in [-0.05, 0) is 25.8 Å². The first-order chi connectivity index (χ1) is 8.74. The molecular formula is C13H25N3O2. The molecule has 0 aliphatic carbocycles. The van der Waals surface area contributed by atoms with Crippen molar-refractivity contribution in [2.45, 2.75) is 52.6 Å². The number of nitrogens with zero attached hydrogens (tertiary/aromatic N) is 2. The van der Waals surface area contributed by atoms with Crippen molar-refractivity contribution in [3.8, 4) is 0 Å². The third kappa shape index (κ3) is 4.38. The van der Waals surface area contributed by atoms with Gasteiger partial charge in [0, 0.05) is 13.0 Å². The van der Waals surface area contributed by atoms with E-state index in [1.54, 1.807) is 0 Å². The molecule has 1 aromatic rings. The second-order valence-electron chi connectivity index (χ2n) is 4.49. The molecule has 0 radical (unpaired) electrons. The summed E-state index contributed by atoms with van der Waals surface area (Å²) in [6.45, 7) is 7.53. The lowest BCUT2D eigenvalue weighted by atomic mass is 10.0. The highest BCUT2D eigenvalue weighted by molar-refractivity contribution is 4.92. The lowest BCUT2D eigenvalue weighted by Crippen LogP contribution is -2.16. The predicted molar refractivity (Wildman–Crippen MR) is 70.1 cm³/mol. The Morgan fingerprint density at radius 2 is 2.11 bits per heavy atom. The SMILES string of the molecule is CCCC(OCC)c1noc(CC(CC)CN)n1. The second-order valence-corrected chi connectivity index (χ2v) is 4.49. The van der Waals surface area contributed by atoms with E-state index < -0.39 is 0 Å². The lowest BCUT2D eigenvalue weighted by molar-refractivity contribution is 0.0477. The van der Waals surface area contributed by atoms with Gasteiger partial charge < -0.3 is 15.0 Å². The number of hydrogen-bond donors (Lipinski definition) is 1. The highest BCUT2D eigenvalue weighted by Crippen LogP contribution is 2.20. The van der Waals surface area contributed by atoms with Gasteiger partial charge in [0.05, 0.1) is 0 Å². The van der Waals surface area contributed by atoms with Crippen LogP contribution in [0.5, 0.6) is 0 Å². The minimum Gasteiger partial charge on any atom is -0.370 e. The van der Waals surface area contributed by atoms with Crippen molar-refractivity contribution in [2.75, 3.05) is 13.2 Å². The zero-order valence-electron chi connectivity index (χ0n) is 11.7. The van der Waals surface area contributed by atoms with Gasteiger partial charge in [-0.3, -0.25) is 0 Å². The molecule has 104 valence electrons. The Bertz CT molecular complexity index is 318. The monoisotopic (exact) mass is 255 g/mol. The van der Waals surface area contributed by atoms with Crippen molar-refractivity contribution in [1.29, 1.82) is 0 Å². The minimum atomic E-state index is -0.0459. The van der Waals surface area contributed by atoms with Gasteiger partial charge in [-0.25, -0.2) is 0 Å². The zero-order chi connectivity index (χ0) is 13.4. The van der Waals surface area contributed by atoms with E-state index >= 15 is 0 Å². The fourth-order valence-electron chi connectivity index (χ4n) is 1.87. The average Bonchev–Trinajstić information content (AvgIpc) is 2.84. The van der Waals surface area contributed by atoms with Crippen molar-refractivity contribution < 1.29 is 9.26 Å². The smallest absolute Gasteiger partial charge is 0.227 e. The third-order valence-electron chi connectivity index (χ3n) is 3.06. The molecule has 5 heteroatoms. The summed E-state index contributed by atoms with van der Waals surface area (Å²) in [6, 6.07) is 0. The fraction of sp³-hybridized carbons (Fsp3) is 0.846. The largest absolute Gasteiger partial charge is 0.370 e. The molecule has 1 aromatic heterocycles. The normalized spacial score (nSPS) is 14.7. The van der Waals surface area contributed by atoms with Crippen LogP contribution in [0.4, 0.5) is 0 Å². The summed E-state index contributed by atoms with van der Waals surface area (Å²) in [5.74, 6) is 1.75. The van der Waals surface area contributed by atoms with E-state index in [2.05, 4.69) is 24.0 Å². The van der Waals surface area contributed by atoms with Crippen molar-refractivity contribution in [1.82, 2.24) is 10.1 Å². The van der Waals surface area contributed by atoms with Gasteiger partial charge in [0.25, 0.3) is 0 Å². The Morgan fingerprint density at radius 3 is 2.67 bits per heavy atom. The molecule has 0 aliphatic rings. The maximum Gasteiger partial charge on any atom is 0.227 e. The highest BCUT2D eigenvalue weighted by Gasteiger charge is 2.19. The molecule has 1 rings (SSSR count). The Labute approximate surface area is 109 Å². The van der Waals surface area contributed by atoms with Gasteiger partial charge in [0.15, 0.2) is 0 Å². The van der Waals surface area contributed by atoms with Crippen LogP contribution in [0.25, 0.3) is 0 Å². The summed E-state index contributed by atoms with van der Waals surface area (Å²) < 4.78 is 10.9. The molecule has 0 fully saturated rings. The summed E-state index contributed by atoms with van der Waals surface area (Å²) in [5.41, 5.74) is 5.68. The predicted octanol–water partition coefficient (Wildman–Crippen LogP) is 2.47. The van der Waals surface area contributed by atoms with Crippen LogP contribution in [-0.4, -0.2) is 23.3 Å². The summed E-state index contributed by atoms with van der Waals surface area (Å²) in [6.07, 6.45) is 3.69. The summed E-state index contributed by atoms with van der Waals surface area (Å²) in [4.78, 5) is 4.43. The third-order valence-corrected chi connectivity index (χ3v) is 3.06. The van der Waals surface area contributed by atoms with E-state index in [0.717, 1.165) is 25.7 Å². The van der Waals surface area contributed by atoms with Gasteiger partial charge in [-0.2, -0.15) is 4.98 Å². The van der Waals surface area contributed by atoms with Crippen LogP contribution in [0.1, 0.15) is 57.9 Å². The quantitative estimate of drug-likeness (QED) is 0.733. The summed E-state index contributed by atoms with van der Waals surface area (Å²) >= 11 is 0. The standard InChI is InChI=1S/C13H25N3O2/c1-4-7-11(17-6-3)13-15-12(18-16-13)8-10(5-2)9-14/h10-11H,4-9,14H2,1-3H3. The molecule has 0 bridgehead atoms. The molecule has 5 nitrogen and oxygen atoms in total. The molecule has 0 amide bonds. The second kappa shape index (κ2) is 8.21. The number of hydrogen-bond acceptors (Lipinski definition) is 5. The molecule has 2 N–H and O–H groups in total. The van der Waals surface area contributed by atoms with Crippen LogP contribution >= 0.6 is 0 Å². The van der Waals surface area contributed by atoms with E-state index in [-0.39, 0.29) is 6.10 Å². The van der Waals surface area contributed by atoms with Crippen LogP contribution in [0.3, 0.4) is 0 Å². The molecule has 2 atom stereocenters. The first-order valence-corrected chi connectivity index (χ1v) is 6.89. The minimum absolute atomic E-state index is 0.0459. The number of ether oxygens (including phenoxy) is 1. The Hall–Kier alpha value is -0.940. The van der Waals surface area contributed by atoms with Crippen LogP contribution in [0.15, 0.2) is 4.52 Å². The summed E-state index contributed by atoms with van der Waals surface area (Å²) in [5, 5.41) is 4.02. The van der Waals surface area contributed by atoms with Gasteiger partial charge >= 0.3 is 0 Å². The molecule has 0 saturated heterocycles. The van der Waals surface area contributed by atoms with Crippen LogP contribution in [-0.2, 0) is 11.2 Å². The van der Waals surface area contributed by atoms with Gasteiger partial charge in [-0.1, -0.05) is 31.8 Å². The topological polar surface area (TPSA) is 74.2 Å². The first kappa shape index (κ1) is 15.1. The van der Waals surface area contributed by atoms with E-state index in [0.29, 0.717) is 30.8 Å². The van der Waals surface area contributed by atoms with E-state index in [9.17, 15) is 0 Å². The molecular weight excluding hydrogens is 230 g/mol. The number of nitrogens with two attached hydrogens (primary N) is 1. The van der Waals surface area contributed by atoms with Crippen molar-refractivity contribution >= 4 is 0 Å². The molecule has 2 unspecified atom stereocenters. The molecule has 0 aliphatic heterocycles. The molecule has 1 heterocycles. The zero-order valence-corrected chi connectivity index (χ0v) is 11.7. The number of rotatable bonds is 9. The highest BCUT2D eigenvalue weighted by atomic mass is 16.5. The van der Waals surface area contributed by atoms with Crippen LogP contribution in [0, 0.1) is 5.92 Å². The Kier molecular flexibility index (Phi) is 6.90. The van der Waals surface area contributed by atoms with Gasteiger partial charge in [-0.15, -0.1) is 0 Å². The van der Waals surface area contributed by atoms with E-state index in [4.69, 9.17) is 15.0 Å². The van der Waals surface area contributed by atoms with Crippen molar-refractivity contribution in [2.24, 2.45) is 11.7 Å². The van der Waals surface area contributed by atoms with Crippen molar-refractivity contribution in [3.63, 3.8) is 0 Å². The number of aromatic nitrogens is 2. The van der Waals surface area contributed by atoms with Gasteiger partial charge in [0.2, 0.25) is 11.7 Å². The molecule has 0 aromatic carbocycles. The van der Waals surface area contributed by atoms with E-state index in [1.165, 1.54) is 0 Å². The lowest BCUT2D eigenvalue weighted by Gasteiger charge is -2.11. The Morgan fingerprint density at radius 1 is 1.33 bits per heavy atom. The summed E-state index contributed by atoms with van der Waals surface area (Å²) in [7, 11) is 0. The average molecular weight is 255 g/mol.